The van der Waals surface area contributed by atoms with Gasteiger partial charge < -0.3 is 5.41 Å². The van der Waals surface area contributed by atoms with Crippen LogP contribution in [0.1, 0.15) is 26.2 Å². The second kappa shape index (κ2) is 4.06. The first-order valence-corrected chi connectivity index (χ1v) is 3.81. The highest BCUT2D eigenvalue weighted by Gasteiger charge is 1.83. The van der Waals surface area contributed by atoms with Crippen LogP contribution >= 0.6 is 0 Å². The molecule has 0 aliphatic carbocycles. The van der Waals surface area contributed by atoms with Gasteiger partial charge in [0.2, 0.25) is 0 Å². The lowest BCUT2D eigenvalue weighted by Gasteiger charge is -1.90. The summed E-state index contributed by atoms with van der Waals surface area (Å²) in [5.41, 5.74) is 0. The van der Waals surface area contributed by atoms with Crippen LogP contribution in [-0.4, -0.2) is 15.6 Å². The molecule has 2 heteroatoms. The van der Waals surface area contributed by atoms with Crippen LogP contribution in [0.2, 0.25) is 0 Å². The molecule has 0 atom stereocenters. The summed E-state index contributed by atoms with van der Waals surface area (Å²) in [5.74, 6) is 0. The van der Waals surface area contributed by atoms with E-state index in [4.69, 9.17) is 5.41 Å². The van der Waals surface area contributed by atoms with Gasteiger partial charge in [0.1, 0.15) is 0 Å². The zero-order valence-electron chi connectivity index (χ0n) is 5.12. The fourth-order valence-corrected chi connectivity index (χ4v) is 0.795. The summed E-state index contributed by atoms with van der Waals surface area (Å²) in [7, 11) is 0.967. The van der Waals surface area contributed by atoms with Crippen LogP contribution in [-0.2, 0) is 0 Å². The summed E-state index contributed by atoms with van der Waals surface area (Å²) in [4.78, 5) is 0. The predicted molar refractivity (Wildman–Crippen MR) is 37.2 cm³/mol. The van der Waals surface area contributed by atoms with Crippen LogP contribution in [0.25, 0.3) is 0 Å². The highest BCUT2D eigenvalue weighted by molar-refractivity contribution is 6.58. The van der Waals surface area contributed by atoms with E-state index in [1.165, 1.54) is 12.8 Å². The van der Waals surface area contributed by atoms with Crippen molar-refractivity contribution in [2.75, 3.05) is 0 Å². The highest BCUT2D eigenvalue weighted by Crippen LogP contribution is 1.91. The Labute approximate surface area is 48.1 Å². The Morgan fingerprint density at radius 1 is 1.71 bits per heavy atom. The van der Waals surface area contributed by atoms with E-state index in [-0.39, 0.29) is 0 Å². The van der Waals surface area contributed by atoms with Gasteiger partial charge in [-0.2, -0.15) is 0 Å². The van der Waals surface area contributed by atoms with E-state index in [1.807, 2.05) is 0 Å². The third-order valence-corrected chi connectivity index (χ3v) is 1.41. The van der Waals surface area contributed by atoms with Crippen LogP contribution in [0, 0.1) is 5.41 Å². The van der Waals surface area contributed by atoms with E-state index >= 15 is 0 Å². The largest absolute Gasteiger partial charge is 0.315 e. The molecule has 0 rings (SSSR count). The van der Waals surface area contributed by atoms with Crippen LogP contribution in [0.5, 0.6) is 0 Å². The van der Waals surface area contributed by atoms with Crippen LogP contribution in [0.3, 0.4) is 0 Å². The number of nitrogens with one attached hydrogen (secondary N) is 1. The fourth-order valence-electron chi connectivity index (χ4n) is 0.442. The van der Waals surface area contributed by atoms with Crippen molar-refractivity contribution in [3.8, 4) is 0 Å². The van der Waals surface area contributed by atoms with Gasteiger partial charge >= 0.3 is 0 Å². The average Bonchev–Trinajstić information content (AvgIpc) is 1.61. The van der Waals surface area contributed by atoms with Crippen molar-refractivity contribution in [1.29, 1.82) is 5.41 Å². The second-order valence-electron chi connectivity index (χ2n) is 1.88. The third kappa shape index (κ3) is 5.89. The van der Waals surface area contributed by atoms with Crippen molar-refractivity contribution >= 4 is 15.6 Å². The average molecular weight is 115 g/mol. The van der Waals surface area contributed by atoms with Crippen molar-refractivity contribution < 1.29 is 0 Å². The topological polar surface area (TPSA) is 23.9 Å². The van der Waals surface area contributed by atoms with Crippen molar-refractivity contribution in [3.63, 3.8) is 0 Å². The van der Waals surface area contributed by atoms with Gasteiger partial charge in [-0.1, -0.05) is 13.3 Å². The molecule has 0 saturated heterocycles. The number of hydrogen-bond donors (Lipinski definition) is 1. The highest BCUT2D eigenvalue weighted by atomic mass is 28.1. The van der Waals surface area contributed by atoms with Crippen LogP contribution in [0.4, 0.5) is 0 Å². The lowest BCUT2D eigenvalue weighted by Crippen LogP contribution is -1.92. The Kier molecular flexibility index (Phi) is 3.99. The first-order valence-electron chi connectivity index (χ1n) is 2.81. The molecule has 0 aromatic heterocycles. The zero-order chi connectivity index (χ0) is 5.70. The van der Waals surface area contributed by atoms with E-state index in [0.29, 0.717) is 0 Å². The van der Waals surface area contributed by atoms with E-state index in [2.05, 4.69) is 6.92 Å². The lowest BCUT2D eigenvalue weighted by atomic mass is 10.3. The molecule has 0 aromatic rings. The summed E-state index contributed by atoms with van der Waals surface area (Å²) in [6, 6.07) is 0. The molecular formula is C5H13NSi. The molecule has 0 radical (unpaired) electrons. The first-order chi connectivity index (χ1) is 3.27. The monoisotopic (exact) mass is 115 g/mol. The van der Waals surface area contributed by atoms with Gasteiger partial charge in [-0.15, -0.1) is 0 Å². The quantitative estimate of drug-likeness (QED) is 0.409. The summed E-state index contributed by atoms with van der Waals surface area (Å²) in [6.07, 6.45) is 3.48. The van der Waals surface area contributed by atoms with E-state index < -0.39 is 0 Å². The molecule has 42 valence electrons. The van der Waals surface area contributed by atoms with Crippen molar-refractivity contribution in [2.45, 2.75) is 26.2 Å². The Bertz CT molecular complexity index is 61.1. The Morgan fingerprint density at radius 3 is 2.43 bits per heavy atom. The molecule has 7 heavy (non-hydrogen) atoms. The normalized spacial score (nSPS) is 9.29. The van der Waals surface area contributed by atoms with Gasteiger partial charge in [0, 0.05) is 0 Å². The van der Waals surface area contributed by atoms with Gasteiger partial charge in [0.25, 0.3) is 0 Å². The Morgan fingerprint density at radius 2 is 2.29 bits per heavy atom. The maximum atomic E-state index is 7.06. The third-order valence-electron chi connectivity index (χ3n) is 0.905. The predicted octanol–water partition coefficient (Wildman–Crippen LogP) is 0.519. The molecule has 0 aromatic carbocycles. The maximum Gasteiger partial charge on any atom is 0.0559 e. The van der Waals surface area contributed by atoms with Gasteiger partial charge in [0.15, 0.2) is 0 Å². The Balaban J connectivity index is 2.82. The summed E-state index contributed by atoms with van der Waals surface area (Å²) in [5, 5.41) is 8.01. The van der Waals surface area contributed by atoms with E-state index in [9.17, 15) is 0 Å². The molecule has 0 unspecified atom stereocenters. The van der Waals surface area contributed by atoms with Gasteiger partial charge in [-0.05, 0) is 18.2 Å². The van der Waals surface area contributed by atoms with E-state index in [1.54, 1.807) is 0 Å². The molecule has 0 fully saturated rings. The number of hydrogen-bond acceptors (Lipinski definition) is 1. The Hall–Kier alpha value is -0.113. The fraction of sp³-hybridized carbons (Fsp3) is 0.800. The number of unbranched alkanes of at least 4 members (excludes halogenated alkanes) is 1. The van der Waals surface area contributed by atoms with Gasteiger partial charge in [0.05, 0.1) is 10.2 Å². The zero-order valence-corrected chi connectivity index (χ0v) is 7.12. The molecule has 0 aliphatic heterocycles. The molecule has 1 nitrogen and oxygen atoms in total. The molecule has 0 spiro atoms. The molecule has 0 bridgehead atoms. The summed E-state index contributed by atoms with van der Waals surface area (Å²) < 4.78 is 0. The second-order valence-corrected chi connectivity index (χ2v) is 3.09. The lowest BCUT2D eigenvalue weighted by molar-refractivity contribution is 0.838. The standard InChI is InChI=1S/C5H13NSi/c1-2-3-4-5(6)7/h6H,2-4H2,1,7H3. The minimum Gasteiger partial charge on any atom is -0.315 e. The van der Waals surface area contributed by atoms with Crippen LogP contribution in [0.15, 0.2) is 0 Å². The molecule has 0 saturated carbocycles. The van der Waals surface area contributed by atoms with Gasteiger partial charge in [-0.25, -0.2) is 0 Å². The molecule has 1 N–H and O–H groups in total. The summed E-state index contributed by atoms with van der Waals surface area (Å²) >= 11 is 0. The SMILES string of the molecule is CCCCC(=N)[SiH3]. The molecule has 0 aliphatic rings. The molecule has 0 amide bonds. The molecule has 0 heterocycles. The smallest absolute Gasteiger partial charge is 0.0559 e. The van der Waals surface area contributed by atoms with Crippen molar-refractivity contribution in [1.82, 2.24) is 0 Å². The minimum atomic E-state index is 0.946. The minimum absolute atomic E-state index is 0.946. The van der Waals surface area contributed by atoms with E-state index in [0.717, 1.165) is 22.0 Å². The molecular weight excluding hydrogens is 102 g/mol. The van der Waals surface area contributed by atoms with Crippen LogP contribution < -0.4 is 0 Å². The van der Waals surface area contributed by atoms with Crippen molar-refractivity contribution in [3.05, 3.63) is 0 Å². The first kappa shape index (κ1) is 6.89. The van der Waals surface area contributed by atoms with Gasteiger partial charge in [-0.3, -0.25) is 0 Å². The number of rotatable bonds is 3. The maximum absolute atomic E-state index is 7.06. The summed E-state index contributed by atoms with van der Waals surface area (Å²) in [6.45, 7) is 2.16. The van der Waals surface area contributed by atoms with Crippen molar-refractivity contribution in [2.24, 2.45) is 0 Å².